The smallest absolute Gasteiger partial charge is 0.222 e. The van der Waals surface area contributed by atoms with E-state index in [-0.39, 0.29) is 11.7 Å². The molecular formula is C14H21NO4S. The minimum atomic E-state index is -3.26. The first-order valence-electron chi connectivity index (χ1n) is 6.68. The third kappa shape index (κ3) is 6.16. The van der Waals surface area contributed by atoms with Gasteiger partial charge in [0.2, 0.25) is 5.91 Å². The van der Waals surface area contributed by atoms with Crippen LogP contribution in [0.2, 0.25) is 0 Å². The molecule has 0 aliphatic carbocycles. The highest BCUT2D eigenvalue weighted by Gasteiger charge is 2.13. The van der Waals surface area contributed by atoms with Gasteiger partial charge < -0.3 is 10.1 Å². The van der Waals surface area contributed by atoms with Crippen molar-refractivity contribution < 1.29 is 17.9 Å². The number of ether oxygens (including phenoxy) is 1. The average Bonchev–Trinajstić information content (AvgIpc) is 2.45. The number of hydrogen-bond acceptors (Lipinski definition) is 4. The summed E-state index contributed by atoms with van der Waals surface area (Å²) in [5.41, 5.74) is 0. The zero-order valence-corrected chi connectivity index (χ0v) is 12.5. The Kier molecular flexibility index (Phi) is 7.25. The first-order valence-corrected chi connectivity index (χ1v) is 8.33. The molecule has 1 rings (SSSR count). The van der Waals surface area contributed by atoms with E-state index in [1.54, 1.807) is 30.3 Å². The highest BCUT2D eigenvalue weighted by molar-refractivity contribution is 7.91. The number of sulfone groups is 1. The van der Waals surface area contributed by atoms with Gasteiger partial charge >= 0.3 is 0 Å². The van der Waals surface area contributed by atoms with E-state index in [2.05, 4.69) is 5.32 Å². The molecule has 1 amide bonds. The SMILES string of the molecule is CCOCCC(=O)NCCCS(=O)(=O)c1ccccc1. The standard InChI is InChI=1S/C14H21NO4S/c1-2-19-11-9-14(16)15-10-6-12-20(17,18)13-7-4-3-5-8-13/h3-5,7-8H,2,6,9-12H2,1H3,(H,15,16). The predicted molar refractivity (Wildman–Crippen MR) is 77.2 cm³/mol. The third-order valence-electron chi connectivity index (χ3n) is 2.69. The molecule has 1 aromatic carbocycles. The lowest BCUT2D eigenvalue weighted by atomic mass is 10.4. The second-order valence-corrected chi connectivity index (χ2v) is 6.39. The van der Waals surface area contributed by atoms with Gasteiger partial charge in [-0.25, -0.2) is 8.42 Å². The Morgan fingerprint density at radius 3 is 2.60 bits per heavy atom. The maximum absolute atomic E-state index is 12.0. The van der Waals surface area contributed by atoms with Crippen molar-refractivity contribution in [2.45, 2.75) is 24.7 Å². The van der Waals surface area contributed by atoms with Gasteiger partial charge in [-0.3, -0.25) is 4.79 Å². The number of carbonyl (C=O) groups excluding carboxylic acids is 1. The molecule has 0 atom stereocenters. The molecule has 0 unspecified atom stereocenters. The number of hydrogen-bond donors (Lipinski definition) is 1. The molecule has 0 aromatic heterocycles. The number of amides is 1. The van der Waals surface area contributed by atoms with Crippen LogP contribution in [0.15, 0.2) is 35.2 Å². The number of nitrogens with one attached hydrogen (secondary N) is 1. The van der Waals surface area contributed by atoms with E-state index in [4.69, 9.17) is 4.74 Å². The van der Waals surface area contributed by atoms with Gasteiger partial charge in [-0.2, -0.15) is 0 Å². The lowest BCUT2D eigenvalue weighted by Gasteiger charge is -2.06. The molecule has 6 heteroatoms. The molecule has 20 heavy (non-hydrogen) atoms. The van der Waals surface area contributed by atoms with Crippen LogP contribution < -0.4 is 5.32 Å². The molecule has 0 bridgehead atoms. The lowest BCUT2D eigenvalue weighted by molar-refractivity contribution is -0.122. The van der Waals surface area contributed by atoms with E-state index in [1.165, 1.54) is 0 Å². The Labute approximate surface area is 120 Å². The second-order valence-electron chi connectivity index (χ2n) is 4.28. The highest BCUT2D eigenvalue weighted by atomic mass is 32.2. The molecule has 0 aliphatic heterocycles. The molecule has 1 aromatic rings. The fraction of sp³-hybridized carbons (Fsp3) is 0.500. The molecule has 1 N–H and O–H groups in total. The van der Waals surface area contributed by atoms with Crippen molar-refractivity contribution in [2.24, 2.45) is 0 Å². The van der Waals surface area contributed by atoms with Gasteiger partial charge in [-0.15, -0.1) is 0 Å². The Bertz CT molecular complexity index is 499. The van der Waals surface area contributed by atoms with Crippen molar-refractivity contribution in [1.29, 1.82) is 0 Å². The van der Waals surface area contributed by atoms with Gasteiger partial charge in [0.05, 0.1) is 17.3 Å². The molecule has 5 nitrogen and oxygen atoms in total. The molecule has 0 fully saturated rings. The van der Waals surface area contributed by atoms with Crippen molar-refractivity contribution in [3.05, 3.63) is 30.3 Å². The summed E-state index contributed by atoms with van der Waals surface area (Å²) in [6.07, 6.45) is 0.705. The van der Waals surface area contributed by atoms with Gasteiger partial charge in [-0.05, 0) is 25.5 Å². The van der Waals surface area contributed by atoms with E-state index in [1.807, 2.05) is 6.92 Å². The first kappa shape index (κ1) is 16.7. The normalized spacial score (nSPS) is 11.2. The van der Waals surface area contributed by atoms with Crippen LogP contribution in [0, 0.1) is 0 Å². The lowest BCUT2D eigenvalue weighted by Crippen LogP contribution is -2.26. The van der Waals surface area contributed by atoms with Gasteiger partial charge in [-0.1, -0.05) is 18.2 Å². The molecule has 0 saturated heterocycles. The minimum absolute atomic E-state index is 0.0305. The van der Waals surface area contributed by atoms with Gasteiger partial charge in [0.15, 0.2) is 9.84 Å². The zero-order valence-electron chi connectivity index (χ0n) is 11.7. The van der Waals surface area contributed by atoms with Crippen molar-refractivity contribution in [2.75, 3.05) is 25.5 Å². The Morgan fingerprint density at radius 2 is 1.95 bits per heavy atom. The van der Waals surface area contributed by atoms with Crippen LogP contribution in [0.4, 0.5) is 0 Å². The summed E-state index contributed by atoms with van der Waals surface area (Å²) in [5.74, 6) is -0.0847. The van der Waals surface area contributed by atoms with Crippen molar-refractivity contribution in [3.8, 4) is 0 Å². The van der Waals surface area contributed by atoms with Crippen molar-refractivity contribution >= 4 is 15.7 Å². The second kappa shape index (κ2) is 8.71. The first-order chi connectivity index (χ1) is 9.56. The molecular weight excluding hydrogens is 278 g/mol. The van der Waals surface area contributed by atoms with Gasteiger partial charge in [0, 0.05) is 19.6 Å². The quantitative estimate of drug-likeness (QED) is 0.699. The van der Waals surface area contributed by atoms with Gasteiger partial charge in [0.25, 0.3) is 0 Å². The van der Waals surface area contributed by atoms with Crippen LogP contribution >= 0.6 is 0 Å². The average molecular weight is 299 g/mol. The fourth-order valence-electron chi connectivity index (χ4n) is 1.63. The maximum Gasteiger partial charge on any atom is 0.222 e. The van der Waals surface area contributed by atoms with E-state index in [0.717, 1.165) is 0 Å². The molecule has 0 aliphatic rings. The summed E-state index contributed by atoms with van der Waals surface area (Å²) in [6, 6.07) is 8.33. The minimum Gasteiger partial charge on any atom is -0.381 e. The van der Waals surface area contributed by atoms with Crippen molar-refractivity contribution in [1.82, 2.24) is 5.32 Å². The van der Waals surface area contributed by atoms with Crippen LogP contribution in [-0.4, -0.2) is 39.8 Å². The largest absolute Gasteiger partial charge is 0.381 e. The Morgan fingerprint density at radius 1 is 1.25 bits per heavy atom. The highest BCUT2D eigenvalue weighted by Crippen LogP contribution is 2.10. The Hall–Kier alpha value is -1.40. The Balaban J connectivity index is 2.26. The van der Waals surface area contributed by atoms with E-state index < -0.39 is 9.84 Å². The number of rotatable bonds is 9. The molecule has 112 valence electrons. The third-order valence-corrected chi connectivity index (χ3v) is 4.51. The topological polar surface area (TPSA) is 72.5 Å². The van der Waals surface area contributed by atoms with Crippen LogP contribution in [0.5, 0.6) is 0 Å². The summed E-state index contributed by atoms with van der Waals surface area (Å²) < 4.78 is 29.0. The summed E-state index contributed by atoms with van der Waals surface area (Å²) in [5, 5.41) is 2.68. The van der Waals surface area contributed by atoms with Crippen molar-refractivity contribution in [3.63, 3.8) is 0 Å². The molecule has 0 saturated carbocycles. The van der Waals surface area contributed by atoms with Crippen LogP contribution in [-0.2, 0) is 19.4 Å². The van der Waals surface area contributed by atoms with E-state index >= 15 is 0 Å². The fourth-order valence-corrected chi connectivity index (χ4v) is 2.97. The molecule has 0 heterocycles. The van der Waals surface area contributed by atoms with Crippen LogP contribution in [0.1, 0.15) is 19.8 Å². The molecule has 0 spiro atoms. The number of carbonyl (C=O) groups is 1. The van der Waals surface area contributed by atoms with E-state index in [9.17, 15) is 13.2 Å². The summed E-state index contributed by atoms with van der Waals surface area (Å²) in [6.45, 7) is 3.20. The monoisotopic (exact) mass is 299 g/mol. The molecule has 0 radical (unpaired) electrons. The van der Waals surface area contributed by atoms with Crippen LogP contribution in [0.25, 0.3) is 0 Å². The van der Waals surface area contributed by atoms with Crippen LogP contribution in [0.3, 0.4) is 0 Å². The summed E-state index contributed by atoms with van der Waals surface area (Å²) in [7, 11) is -3.26. The maximum atomic E-state index is 12.0. The zero-order chi connectivity index (χ0) is 14.8. The summed E-state index contributed by atoms with van der Waals surface area (Å²) in [4.78, 5) is 11.7. The van der Waals surface area contributed by atoms with Gasteiger partial charge in [0.1, 0.15) is 0 Å². The summed E-state index contributed by atoms with van der Waals surface area (Å²) >= 11 is 0. The number of benzene rings is 1. The van der Waals surface area contributed by atoms with E-state index in [0.29, 0.717) is 37.5 Å². The predicted octanol–water partition coefficient (Wildman–Crippen LogP) is 1.39.